The average molecular weight is 330 g/mol. The molecule has 1 aromatic rings. The first-order chi connectivity index (χ1) is 8.75. The fourth-order valence-corrected chi connectivity index (χ4v) is 2.63. The lowest BCUT2D eigenvalue weighted by molar-refractivity contribution is -0.140. The minimum Gasteiger partial charge on any atom is -0.481 e. The van der Waals surface area contributed by atoms with Crippen molar-refractivity contribution < 1.29 is 19.1 Å². The van der Waals surface area contributed by atoms with Gasteiger partial charge in [0.2, 0.25) is 5.91 Å². The molecule has 4 nitrogen and oxygen atoms in total. The van der Waals surface area contributed by atoms with Crippen molar-refractivity contribution in [3.63, 3.8) is 0 Å². The van der Waals surface area contributed by atoms with E-state index in [9.17, 15) is 14.0 Å². The van der Waals surface area contributed by atoms with E-state index in [1.807, 2.05) is 0 Å². The largest absolute Gasteiger partial charge is 0.481 e. The van der Waals surface area contributed by atoms with Crippen LogP contribution < -0.4 is 5.32 Å². The predicted octanol–water partition coefficient (Wildman–Crippen LogP) is 2.88. The van der Waals surface area contributed by atoms with Crippen molar-refractivity contribution in [2.75, 3.05) is 5.32 Å². The predicted molar refractivity (Wildman–Crippen MR) is 71.1 cm³/mol. The van der Waals surface area contributed by atoms with Gasteiger partial charge >= 0.3 is 5.97 Å². The third-order valence-electron chi connectivity index (χ3n) is 3.56. The average Bonchev–Trinajstić information content (AvgIpc) is 2.87. The number of amides is 1. The van der Waals surface area contributed by atoms with Crippen molar-refractivity contribution in [1.29, 1.82) is 0 Å². The summed E-state index contributed by atoms with van der Waals surface area (Å²) in [6.07, 6.45) is 0. The van der Waals surface area contributed by atoms with Crippen LogP contribution in [-0.2, 0) is 9.59 Å². The van der Waals surface area contributed by atoms with Gasteiger partial charge in [-0.2, -0.15) is 0 Å². The van der Waals surface area contributed by atoms with E-state index in [2.05, 4.69) is 21.2 Å². The van der Waals surface area contributed by atoms with E-state index >= 15 is 0 Å². The Hall–Kier alpha value is -1.43. The first-order valence-corrected chi connectivity index (χ1v) is 6.53. The Bertz CT molecular complexity index is 559. The first kappa shape index (κ1) is 14.0. The van der Waals surface area contributed by atoms with E-state index in [0.717, 1.165) is 0 Å². The minimum absolute atomic E-state index is 0.306. The van der Waals surface area contributed by atoms with E-state index in [0.29, 0.717) is 10.2 Å². The van der Waals surface area contributed by atoms with Gasteiger partial charge in [0.05, 0.1) is 16.3 Å². The Morgan fingerprint density at radius 3 is 2.47 bits per heavy atom. The van der Waals surface area contributed by atoms with E-state index < -0.39 is 29.0 Å². The Morgan fingerprint density at radius 1 is 1.37 bits per heavy atom. The van der Waals surface area contributed by atoms with Crippen molar-refractivity contribution in [2.24, 2.45) is 17.3 Å². The molecule has 0 aromatic heterocycles. The molecule has 2 atom stereocenters. The molecule has 0 aliphatic heterocycles. The smallest absolute Gasteiger partial charge is 0.307 e. The number of benzene rings is 1. The van der Waals surface area contributed by atoms with Gasteiger partial charge in [0, 0.05) is 5.69 Å². The summed E-state index contributed by atoms with van der Waals surface area (Å²) < 4.78 is 13.6. The first-order valence-electron chi connectivity index (χ1n) is 5.74. The standard InChI is InChI=1S/C13H13BrFNO3/c1-13(2)9(10(13)12(18)19)11(17)16-6-3-4-7(14)8(15)5-6/h3-5,9-10H,1-2H3,(H,16,17)(H,18,19). The second kappa shape index (κ2) is 4.59. The maximum Gasteiger partial charge on any atom is 0.307 e. The molecule has 2 rings (SSSR count). The summed E-state index contributed by atoms with van der Waals surface area (Å²) in [7, 11) is 0. The SMILES string of the molecule is CC1(C)C(C(=O)O)C1C(=O)Nc1ccc(Br)c(F)c1. The van der Waals surface area contributed by atoms with Crippen LogP contribution in [0.5, 0.6) is 0 Å². The molecule has 1 aliphatic carbocycles. The fraction of sp³-hybridized carbons (Fsp3) is 0.385. The minimum atomic E-state index is -0.980. The van der Waals surface area contributed by atoms with Gasteiger partial charge in [0.1, 0.15) is 5.82 Å². The molecule has 1 amide bonds. The molecule has 2 unspecified atom stereocenters. The molecule has 19 heavy (non-hydrogen) atoms. The summed E-state index contributed by atoms with van der Waals surface area (Å²) in [5.41, 5.74) is -0.248. The molecule has 1 aliphatic rings. The van der Waals surface area contributed by atoms with E-state index in [-0.39, 0.29) is 5.91 Å². The summed E-state index contributed by atoms with van der Waals surface area (Å²) in [6.45, 7) is 3.47. The third-order valence-corrected chi connectivity index (χ3v) is 4.21. The van der Waals surface area contributed by atoms with E-state index in [4.69, 9.17) is 5.11 Å². The summed E-state index contributed by atoms with van der Waals surface area (Å²) >= 11 is 3.02. The summed E-state index contributed by atoms with van der Waals surface area (Å²) in [6, 6.07) is 4.22. The van der Waals surface area contributed by atoms with Crippen LogP contribution in [0.15, 0.2) is 22.7 Å². The fourth-order valence-electron chi connectivity index (χ4n) is 2.38. The van der Waals surface area contributed by atoms with Crippen molar-refractivity contribution in [3.05, 3.63) is 28.5 Å². The Labute approximate surface area is 118 Å². The number of anilines is 1. The molecule has 0 spiro atoms. The highest BCUT2D eigenvalue weighted by molar-refractivity contribution is 9.10. The van der Waals surface area contributed by atoms with Gasteiger partial charge in [-0.15, -0.1) is 0 Å². The number of aliphatic carboxylic acids is 1. The Kier molecular flexibility index (Phi) is 3.38. The molecule has 1 saturated carbocycles. The van der Waals surface area contributed by atoms with Crippen LogP contribution in [0.3, 0.4) is 0 Å². The van der Waals surface area contributed by atoms with Crippen molar-refractivity contribution in [3.8, 4) is 0 Å². The maximum absolute atomic E-state index is 13.3. The molecule has 102 valence electrons. The molecule has 0 heterocycles. The van der Waals surface area contributed by atoms with E-state index in [1.165, 1.54) is 12.1 Å². The number of carbonyl (C=O) groups is 2. The monoisotopic (exact) mass is 329 g/mol. The molecule has 0 bridgehead atoms. The van der Waals surface area contributed by atoms with Gasteiger partial charge in [-0.25, -0.2) is 4.39 Å². The quantitative estimate of drug-likeness (QED) is 0.896. The molecule has 2 N–H and O–H groups in total. The number of carbonyl (C=O) groups excluding carboxylic acids is 1. The Morgan fingerprint density at radius 2 is 2.00 bits per heavy atom. The zero-order valence-corrected chi connectivity index (χ0v) is 12.0. The van der Waals surface area contributed by atoms with Crippen molar-refractivity contribution in [2.45, 2.75) is 13.8 Å². The second-order valence-electron chi connectivity index (χ2n) is 5.23. The normalized spacial score (nSPS) is 23.8. The highest BCUT2D eigenvalue weighted by Gasteiger charge is 2.65. The summed E-state index contributed by atoms with van der Waals surface area (Å²) in [5.74, 6) is -3.13. The number of hydrogen-bond donors (Lipinski definition) is 2. The van der Waals surface area contributed by atoms with Crippen LogP contribution >= 0.6 is 15.9 Å². The third kappa shape index (κ3) is 2.49. The number of carboxylic acids is 1. The highest BCUT2D eigenvalue weighted by atomic mass is 79.9. The van der Waals surface area contributed by atoms with Gasteiger partial charge in [-0.3, -0.25) is 9.59 Å². The van der Waals surface area contributed by atoms with Crippen LogP contribution in [-0.4, -0.2) is 17.0 Å². The molecule has 1 fully saturated rings. The van der Waals surface area contributed by atoms with Gasteiger partial charge in [-0.1, -0.05) is 13.8 Å². The molecular formula is C13H13BrFNO3. The maximum atomic E-state index is 13.3. The highest BCUT2D eigenvalue weighted by Crippen LogP contribution is 2.58. The van der Waals surface area contributed by atoms with Crippen LogP contribution in [0.25, 0.3) is 0 Å². The van der Waals surface area contributed by atoms with E-state index in [1.54, 1.807) is 19.9 Å². The lowest BCUT2D eigenvalue weighted by Crippen LogP contribution is -2.17. The van der Waals surface area contributed by atoms with Crippen molar-refractivity contribution >= 4 is 33.5 Å². The number of halogens is 2. The summed E-state index contributed by atoms with van der Waals surface area (Å²) in [5, 5.41) is 11.6. The van der Waals surface area contributed by atoms with Crippen LogP contribution in [0.2, 0.25) is 0 Å². The van der Waals surface area contributed by atoms with Gasteiger partial charge in [0.25, 0.3) is 0 Å². The number of carboxylic acid groups (broad SMARTS) is 1. The van der Waals surface area contributed by atoms with Crippen LogP contribution in [0.1, 0.15) is 13.8 Å². The number of rotatable bonds is 3. The van der Waals surface area contributed by atoms with Crippen LogP contribution in [0, 0.1) is 23.1 Å². The lowest BCUT2D eigenvalue weighted by atomic mass is 10.1. The van der Waals surface area contributed by atoms with Gasteiger partial charge < -0.3 is 10.4 Å². The zero-order valence-electron chi connectivity index (χ0n) is 10.4. The Balaban J connectivity index is 2.10. The second-order valence-corrected chi connectivity index (χ2v) is 6.09. The van der Waals surface area contributed by atoms with Gasteiger partial charge in [-0.05, 0) is 39.5 Å². The number of nitrogens with one attached hydrogen (secondary N) is 1. The van der Waals surface area contributed by atoms with Crippen LogP contribution in [0.4, 0.5) is 10.1 Å². The molecular weight excluding hydrogens is 317 g/mol. The lowest BCUT2D eigenvalue weighted by Gasteiger charge is -2.06. The van der Waals surface area contributed by atoms with Crippen molar-refractivity contribution in [1.82, 2.24) is 0 Å². The topological polar surface area (TPSA) is 66.4 Å². The molecule has 1 aromatic carbocycles. The number of hydrogen-bond acceptors (Lipinski definition) is 2. The molecule has 0 radical (unpaired) electrons. The van der Waals surface area contributed by atoms with Gasteiger partial charge in [0.15, 0.2) is 0 Å². The zero-order chi connectivity index (χ0) is 14.4. The molecule has 6 heteroatoms. The molecule has 0 saturated heterocycles. The summed E-state index contributed by atoms with van der Waals surface area (Å²) in [4.78, 5) is 23.0.